The van der Waals surface area contributed by atoms with Gasteiger partial charge in [-0.1, -0.05) is 37.3 Å². The fourth-order valence-electron chi connectivity index (χ4n) is 3.72. The summed E-state index contributed by atoms with van der Waals surface area (Å²) in [5.41, 5.74) is 3.01. The van der Waals surface area contributed by atoms with Crippen LogP contribution in [-0.4, -0.2) is 46.8 Å². The standard InChI is InChI=1S/C20H24N4O/c1-15-11-18-17(19(25)12-15)13-21-20(22-18)24-9-7-23(8-10-24)14-16-5-3-2-4-6-16/h2-6,13,15H,7-12,14H2,1H3. The van der Waals surface area contributed by atoms with E-state index in [1.54, 1.807) is 6.20 Å². The summed E-state index contributed by atoms with van der Waals surface area (Å²) in [6.45, 7) is 6.97. The highest BCUT2D eigenvalue weighted by Crippen LogP contribution is 2.25. The van der Waals surface area contributed by atoms with Crippen molar-refractivity contribution < 1.29 is 4.79 Å². The molecular weight excluding hydrogens is 312 g/mol. The summed E-state index contributed by atoms with van der Waals surface area (Å²) >= 11 is 0. The van der Waals surface area contributed by atoms with Crippen LogP contribution in [0.4, 0.5) is 5.95 Å². The van der Waals surface area contributed by atoms with E-state index in [0.29, 0.717) is 12.3 Å². The quantitative estimate of drug-likeness (QED) is 0.862. The lowest BCUT2D eigenvalue weighted by molar-refractivity contribution is 0.0951. The zero-order valence-electron chi connectivity index (χ0n) is 14.7. The van der Waals surface area contributed by atoms with Gasteiger partial charge in [0.05, 0.1) is 11.3 Å². The minimum Gasteiger partial charge on any atom is -0.338 e. The number of carbonyl (C=O) groups excluding carboxylic acids is 1. The Morgan fingerprint density at radius 2 is 1.84 bits per heavy atom. The topological polar surface area (TPSA) is 49.3 Å². The highest BCUT2D eigenvalue weighted by Gasteiger charge is 2.26. The molecule has 2 heterocycles. The molecule has 1 aliphatic heterocycles. The first-order valence-electron chi connectivity index (χ1n) is 9.09. The number of rotatable bonds is 3. The molecule has 1 aromatic carbocycles. The van der Waals surface area contributed by atoms with Gasteiger partial charge in [0.25, 0.3) is 0 Å². The van der Waals surface area contributed by atoms with Crippen LogP contribution >= 0.6 is 0 Å². The second kappa shape index (κ2) is 6.92. The number of fused-ring (bicyclic) bond motifs is 1. The van der Waals surface area contributed by atoms with E-state index in [1.165, 1.54) is 5.56 Å². The van der Waals surface area contributed by atoms with Crippen molar-refractivity contribution in [2.75, 3.05) is 31.1 Å². The van der Waals surface area contributed by atoms with E-state index in [1.807, 2.05) is 0 Å². The van der Waals surface area contributed by atoms with Crippen molar-refractivity contribution >= 4 is 11.7 Å². The Hall–Kier alpha value is -2.27. The monoisotopic (exact) mass is 336 g/mol. The van der Waals surface area contributed by atoms with Crippen molar-refractivity contribution in [3.05, 3.63) is 53.3 Å². The second-order valence-corrected chi connectivity index (χ2v) is 7.22. The molecule has 130 valence electrons. The summed E-state index contributed by atoms with van der Waals surface area (Å²) < 4.78 is 0. The van der Waals surface area contributed by atoms with Crippen LogP contribution in [0.1, 0.15) is 35.0 Å². The number of piperazine rings is 1. The number of ketones is 1. The van der Waals surface area contributed by atoms with Crippen molar-refractivity contribution in [3.63, 3.8) is 0 Å². The van der Waals surface area contributed by atoms with Gasteiger partial charge in [-0.15, -0.1) is 0 Å². The maximum Gasteiger partial charge on any atom is 0.225 e. The normalized spacial score (nSPS) is 21.2. The van der Waals surface area contributed by atoms with Gasteiger partial charge >= 0.3 is 0 Å². The predicted octanol–water partition coefficient (Wildman–Crippen LogP) is 2.56. The molecule has 1 aromatic heterocycles. The molecule has 0 N–H and O–H groups in total. The number of nitrogens with zero attached hydrogens (tertiary/aromatic N) is 4. The van der Waals surface area contributed by atoms with Crippen molar-refractivity contribution in [2.45, 2.75) is 26.3 Å². The fraction of sp³-hybridized carbons (Fsp3) is 0.450. The Morgan fingerprint density at radius 1 is 1.08 bits per heavy atom. The van der Waals surface area contributed by atoms with Gasteiger partial charge in [-0.2, -0.15) is 0 Å². The number of carbonyl (C=O) groups is 1. The van der Waals surface area contributed by atoms with Gasteiger partial charge in [0, 0.05) is 45.3 Å². The van der Waals surface area contributed by atoms with E-state index in [4.69, 9.17) is 4.98 Å². The number of aromatic nitrogens is 2. The molecule has 1 fully saturated rings. The lowest BCUT2D eigenvalue weighted by Crippen LogP contribution is -2.46. The summed E-state index contributed by atoms with van der Waals surface area (Å²) in [7, 11) is 0. The van der Waals surface area contributed by atoms with Crippen molar-refractivity contribution in [3.8, 4) is 0 Å². The molecule has 0 bridgehead atoms. The Kier molecular flexibility index (Phi) is 4.49. The first-order chi connectivity index (χ1) is 12.2. The first-order valence-corrected chi connectivity index (χ1v) is 9.09. The highest BCUT2D eigenvalue weighted by molar-refractivity contribution is 5.98. The third kappa shape index (κ3) is 3.56. The maximum absolute atomic E-state index is 12.1. The molecule has 5 heteroatoms. The van der Waals surface area contributed by atoms with Gasteiger partial charge in [-0.25, -0.2) is 9.97 Å². The number of hydrogen-bond donors (Lipinski definition) is 0. The minimum atomic E-state index is 0.188. The average Bonchev–Trinajstić information content (AvgIpc) is 2.62. The van der Waals surface area contributed by atoms with Crippen LogP contribution in [0.15, 0.2) is 36.5 Å². The Bertz CT molecular complexity index is 754. The van der Waals surface area contributed by atoms with Gasteiger partial charge < -0.3 is 4.90 Å². The van der Waals surface area contributed by atoms with Gasteiger partial charge in [0.2, 0.25) is 5.95 Å². The van der Waals surface area contributed by atoms with Crippen molar-refractivity contribution in [1.29, 1.82) is 0 Å². The Labute approximate surface area is 148 Å². The van der Waals surface area contributed by atoms with E-state index in [2.05, 4.69) is 52.0 Å². The third-order valence-corrected chi connectivity index (χ3v) is 5.14. The fourth-order valence-corrected chi connectivity index (χ4v) is 3.72. The summed E-state index contributed by atoms with van der Waals surface area (Å²) in [5, 5.41) is 0. The first kappa shape index (κ1) is 16.2. The smallest absolute Gasteiger partial charge is 0.225 e. The summed E-state index contributed by atoms with van der Waals surface area (Å²) in [6.07, 6.45) is 3.24. The summed E-state index contributed by atoms with van der Waals surface area (Å²) in [6, 6.07) is 10.6. The molecule has 1 atom stereocenters. The number of anilines is 1. The van der Waals surface area contributed by atoms with Gasteiger partial charge in [-0.3, -0.25) is 9.69 Å². The molecule has 1 aliphatic carbocycles. The van der Waals surface area contributed by atoms with E-state index in [9.17, 15) is 4.79 Å². The van der Waals surface area contributed by atoms with Crippen LogP contribution in [0.2, 0.25) is 0 Å². The minimum absolute atomic E-state index is 0.188. The van der Waals surface area contributed by atoms with Gasteiger partial charge in [0.1, 0.15) is 0 Å². The van der Waals surface area contributed by atoms with Crippen LogP contribution in [0.3, 0.4) is 0 Å². The molecule has 0 spiro atoms. The van der Waals surface area contributed by atoms with Crippen LogP contribution in [0.5, 0.6) is 0 Å². The van der Waals surface area contributed by atoms with E-state index in [0.717, 1.165) is 56.4 Å². The lowest BCUT2D eigenvalue weighted by Gasteiger charge is -2.35. The SMILES string of the molecule is CC1CC(=O)c2cnc(N3CCN(Cc4ccccc4)CC3)nc2C1. The largest absolute Gasteiger partial charge is 0.338 e. The maximum atomic E-state index is 12.1. The lowest BCUT2D eigenvalue weighted by atomic mass is 9.88. The van der Waals surface area contributed by atoms with Crippen LogP contribution in [0, 0.1) is 5.92 Å². The van der Waals surface area contributed by atoms with Crippen LogP contribution < -0.4 is 4.90 Å². The predicted molar refractivity (Wildman–Crippen MR) is 97.8 cm³/mol. The molecule has 25 heavy (non-hydrogen) atoms. The molecule has 2 aromatic rings. The van der Waals surface area contributed by atoms with Gasteiger partial charge in [-0.05, 0) is 17.9 Å². The van der Waals surface area contributed by atoms with Crippen molar-refractivity contribution in [1.82, 2.24) is 14.9 Å². The molecule has 2 aliphatic rings. The molecule has 0 saturated carbocycles. The van der Waals surface area contributed by atoms with E-state index >= 15 is 0 Å². The molecule has 0 amide bonds. The summed E-state index contributed by atoms with van der Waals surface area (Å²) in [5.74, 6) is 1.35. The highest BCUT2D eigenvalue weighted by atomic mass is 16.1. The number of benzene rings is 1. The third-order valence-electron chi connectivity index (χ3n) is 5.14. The summed E-state index contributed by atoms with van der Waals surface area (Å²) in [4.78, 5) is 26.0. The van der Waals surface area contributed by atoms with Crippen LogP contribution in [-0.2, 0) is 13.0 Å². The molecule has 0 radical (unpaired) electrons. The Morgan fingerprint density at radius 3 is 2.60 bits per heavy atom. The number of hydrogen-bond acceptors (Lipinski definition) is 5. The average molecular weight is 336 g/mol. The molecule has 1 unspecified atom stereocenters. The molecule has 1 saturated heterocycles. The van der Waals surface area contributed by atoms with Crippen molar-refractivity contribution in [2.24, 2.45) is 5.92 Å². The zero-order chi connectivity index (χ0) is 17.2. The molecule has 4 rings (SSSR count). The second-order valence-electron chi connectivity index (χ2n) is 7.22. The Balaban J connectivity index is 1.41. The van der Waals surface area contributed by atoms with Crippen LogP contribution in [0.25, 0.3) is 0 Å². The van der Waals surface area contributed by atoms with E-state index in [-0.39, 0.29) is 5.78 Å². The number of Topliss-reactive ketones (excluding diaryl/α,β-unsaturated/α-hetero) is 1. The molecule has 5 nitrogen and oxygen atoms in total. The van der Waals surface area contributed by atoms with E-state index < -0.39 is 0 Å². The van der Waals surface area contributed by atoms with Gasteiger partial charge in [0.15, 0.2) is 5.78 Å². The zero-order valence-corrected chi connectivity index (χ0v) is 14.7. The molecular formula is C20H24N4O.